The van der Waals surface area contributed by atoms with Crippen molar-refractivity contribution in [3.8, 4) is 5.40 Å². The maximum Gasteiger partial charge on any atom is 0.130 e. The largest absolute Gasteiger partial charge is 0.261 e. The number of thiocyanates is 1. The summed E-state index contributed by atoms with van der Waals surface area (Å²) in [5.74, 6) is 0. The molecule has 1 aromatic heterocycles. The number of thiol groups is 1. The fraction of sp³-hybridized carbons (Fsp3) is 0.0769. The fourth-order valence-corrected chi connectivity index (χ4v) is 1.31. The second-order valence-electron chi connectivity index (χ2n) is 3.08. The first-order valence-corrected chi connectivity index (χ1v) is 5.28. The molecule has 0 bridgehead atoms. The van der Waals surface area contributed by atoms with Gasteiger partial charge in [-0.2, -0.15) is 5.26 Å². The molecular weight excluding hydrogens is 216 g/mol. The van der Waals surface area contributed by atoms with E-state index in [1.807, 2.05) is 30.5 Å². The van der Waals surface area contributed by atoms with Crippen LogP contribution in [-0.4, -0.2) is 4.98 Å². The number of rotatable bonds is 2. The highest BCUT2D eigenvalue weighted by Gasteiger charge is 1.94. The van der Waals surface area contributed by atoms with Gasteiger partial charge in [0.15, 0.2) is 0 Å². The number of nitrogens with zero attached hydrogens (tertiary/aromatic N) is 2. The minimum Gasteiger partial charge on any atom is -0.261 e. The van der Waals surface area contributed by atoms with Crippen LogP contribution >= 0.6 is 12.6 Å². The van der Waals surface area contributed by atoms with Crippen LogP contribution in [0, 0.1) is 10.7 Å². The molecule has 3 heteroatoms. The maximum absolute atomic E-state index is 7.18. The van der Waals surface area contributed by atoms with Gasteiger partial charge in [-0.15, -0.1) is 0 Å². The van der Waals surface area contributed by atoms with Crippen LogP contribution < -0.4 is 0 Å². The molecule has 0 aliphatic rings. The van der Waals surface area contributed by atoms with Crippen LogP contribution in [-0.2, 0) is 6.42 Å². The van der Waals surface area contributed by atoms with E-state index in [1.54, 1.807) is 0 Å². The van der Waals surface area contributed by atoms with Crippen molar-refractivity contribution in [1.82, 2.24) is 4.98 Å². The summed E-state index contributed by atoms with van der Waals surface area (Å²) >= 11 is 3.09. The van der Waals surface area contributed by atoms with Crippen LogP contribution in [0.5, 0.6) is 0 Å². The quantitative estimate of drug-likeness (QED) is 0.633. The molecule has 0 aliphatic heterocycles. The highest BCUT2D eigenvalue weighted by atomic mass is 32.1. The predicted molar refractivity (Wildman–Crippen MR) is 68.1 cm³/mol. The number of hydrogen-bond acceptors (Lipinski definition) is 3. The molecule has 0 amide bonds. The van der Waals surface area contributed by atoms with Crippen LogP contribution in [0.2, 0.25) is 0 Å². The van der Waals surface area contributed by atoms with E-state index in [1.165, 1.54) is 11.0 Å². The lowest BCUT2D eigenvalue weighted by Gasteiger charge is -1.99. The Bertz CT molecular complexity index is 397. The first-order valence-electron chi connectivity index (χ1n) is 4.84. The molecule has 2 aromatic rings. The van der Waals surface area contributed by atoms with Crippen LogP contribution in [0.25, 0.3) is 0 Å². The standard InChI is InChI=1S/C12H11N.CHNS/c1-2-6-11(7-3-1)10-12-8-4-5-9-13-12;2-1-3/h1-9H,10H2;3H. The molecule has 0 unspecified atom stereocenters. The molecule has 0 N–H and O–H groups in total. The van der Waals surface area contributed by atoms with Gasteiger partial charge in [0.2, 0.25) is 0 Å². The van der Waals surface area contributed by atoms with E-state index in [0.29, 0.717) is 0 Å². The van der Waals surface area contributed by atoms with E-state index in [2.05, 4.69) is 41.9 Å². The van der Waals surface area contributed by atoms with Crippen molar-refractivity contribution in [2.75, 3.05) is 0 Å². The Balaban J connectivity index is 0.000000386. The summed E-state index contributed by atoms with van der Waals surface area (Å²) in [5.41, 5.74) is 2.43. The molecule has 0 saturated heterocycles. The first kappa shape index (κ1) is 12.3. The Morgan fingerprint density at radius 2 is 1.69 bits per heavy atom. The Hall–Kier alpha value is -1.79. The van der Waals surface area contributed by atoms with Crippen molar-refractivity contribution in [2.24, 2.45) is 0 Å². The molecular formula is C13H12N2S. The zero-order valence-electron chi connectivity index (χ0n) is 8.74. The summed E-state index contributed by atoms with van der Waals surface area (Å²) in [7, 11) is 0. The lowest BCUT2D eigenvalue weighted by atomic mass is 10.1. The van der Waals surface area contributed by atoms with E-state index < -0.39 is 0 Å². The van der Waals surface area contributed by atoms with Gasteiger partial charge in [0.25, 0.3) is 0 Å². The van der Waals surface area contributed by atoms with Gasteiger partial charge in [-0.1, -0.05) is 49.0 Å². The van der Waals surface area contributed by atoms with Gasteiger partial charge in [0.1, 0.15) is 5.40 Å². The zero-order chi connectivity index (χ0) is 11.6. The molecule has 0 saturated carbocycles. The Kier molecular flexibility index (Phi) is 5.75. The van der Waals surface area contributed by atoms with Crippen LogP contribution in [0.15, 0.2) is 54.7 Å². The number of aromatic nitrogens is 1. The zero-order valence-corrected chi connectivity index (χ0v) is 9.64. The van der Waals surface area contributed by atoms with Gasteiger partial charge in [0, 0.05) is 18.3 Å². The van der Waals surface area contributed by atoms with Gasteiger partial charge in [-0.3, -0.25) is 4.98 Å². The maximum atomic E-state index is 7.18. The van der Waals surface area contributed by atoms with Crippen LogP contribution in [0.1, 0.15) is 11.3 Å². The number of hydrogen-bond donors (Lipinski definition) is 1. The lowest BCUT2D eigenvalue weighted by Crippen LogP contribution is -1.89. The molecule has 0 atom stereocenters. The third-order valence-electron chi connectivity index (χ3n) is 1.95. The van der Waals surface area contributed by atoms with Gasteiger partial charge in [-0.25, -0.2) is 0 Å². The monoisotopic (exact) mass is 228 g/mol. The molecule has 2 nitrogen and oxygen atoms in total. The van der Waals surface area contributed by atoms with E-state index in [-0.39, 0.29) is 0 Å². The second kappa shape index (κ2) is 7.49. The van der Waals surface area contributed by atoms with Crippen LogP contribution in [0.4, 0.5) is 0 Å². The molecule has 0 fully saturated rings. The van der Waals surface area contributed by atoms with Crippen molar-refractivity contribution >= 4 is 12.6 Å². The Morgan fingerprint density at radius 3 is 2.25 bits per heavy atom. The number of nitriles is 1. The van der Waals surface area contributed by atoms with Gasteiger partial charge in [0.05, 0.1) is 0 Å². The minimum absolute atomic E-state index is 0.918. The average Bonchev–Trinajstić information content (AvgIpc) is 2.33. The highest BCUT2D eigenvalue weighted by Crippen LogP contribution is 2.05. The molecule has 0 aliphatic carbocycles. The molecule has 0 spiro atoms. The number of pyridine rings is 1. The third-order valence-corrected chi connectivity index (χ3v) is 1.95. The summed E-state index contributed by atoms with van der Waals surface area (Å²) < 4.78 is 0. The number of benzene rings is 1. The third kappa shape index (κ3) is 4.63. The highest BCUT2D eigenvalue weighted by molar-refractivity contribution is 7.85. The van der Waals surface area contributed by atoms with Gasteiger partial charge in [-0.05, 0) is 17.7 Å². The molecule has 1 heterocycles. The first-order chi connectivity index (χ1) is 7.86. The SMILES string of the molecule is N#CS.c1ccc(Cc2ccccn2)cc1. The summed E-state index contributed by atoms with van der Waals surface area (Å²) in [6.45, 7) is 0. The predicted octanol–water partition coefficient (Wildman–Crippen LogP) is 3.07. The molecule has 2 rings (SSSR count). The minimum atomic E-state index is 0.918. The van der Waals surface area contributed by atoms with Crippen molar-refractivity contribution < 1.29 is 0 Å². The topological polar surface area (TPSA) is 36.7 Å². The normalized spacial score (nSPS) is 8.50. The Morgan fingerprint density at radius 1 is 1.06 bits per heavy atom. The molecule has 1 aromatic carbocycles. The molecule has 16 heavy (non-hydrogen) atoms. The van der Waals surface area contributed by atoms with Gasteiger partial charge >= 0.3 is 0 Å². The summed E-state index contributed by atoms with van der Waals surface area (Å²) in [6, 6.07) is 16.4. The lowest BCUT2D eigenvalue weighted by molar-refractivity contribution is 1.07. The summed E-state index contributed by atoms with van der Waals surface area (Å²) in [4.78, 5) is 4.27. The fourth-order valence-electron chi connectivity index (χ4n) is 1.31. The second-order valence-corrected chi connectivity index (χ2v) is 3.28. The Labute approximate surface area is 101 Å². The smallest absolute Gasteiger partial charge is 0.130 e. The van der Waals surface area contributed by atoms with Gasteiger partial charge < -0.3 is 0 Å². The van der Waals surface area contributed by atoms with Crippen molar-refractivity contribution in [2.45, 2.75) is 6.42 Å². The average molecular weight is 228 g/mol. The van der Waals surface area contributed by atoms with Crippen molar-refractivity contribution in [3.05, 3.63) is 66.0 Å². The van der Waals surface area contributed by atoms with E-state index in [4.69, 9.17) is 5.26 Å². The van der Waals surface area contributed by atoms with E-state index in [9.17, 15) is 0 Å². The summed E-state index contributed by atoms with van der Waals surface area (Å²) in [5, 5.41) is 8.63. The van der Waals surface area contributed by atoms with Crippen molar-refractivity contribution in [3.63, 3.8) is 0 Å². The van der Waals surface area contributed by atoms with E-state index in [0.717, 1.165) is 12.1 Å². The van der Waals surface area contributed by atoms with Crippen LogP contribution in [0.3, 0.4) is 0 Å². The molecule has 80 valence electrons. The van der Waals surface area contributed by atoms with Crippen molar-refractivity contribution in [1.29, 1.82) is 5.26 Å². The summed E-state index contributed by atoms with van der Waals surface area (Å²) in [6.07, 6.45) is 2.75. The van der Waals surface area contributed by atoms with E-state index >= 15 is 0 Å². The molecule has 0 radical (unpaired) electrons.